The van der Waals surface area contributed by atoms with E-state index < -0.39 is 0 Å². The average Bonchev–Trinajstić information content (AvgIpc) is 2.61. The van der Waals surface area contributed by atoms with Crippen LogP contribution in [0.5, 0.6) is 0 Å². The first-order chi connectivity index (χ1) is 7.16. The molecular formula is C12H23ClN2O. The lowest BCUT2D eigenvalue weighted by Gasteiger charge is -2.42. The Bertz CT molecular complexity index is 249. The number of nitrogens with zero attached hydrogens (tertiary/aromatic N) is 1. The van der Waals surface area contributed by atoms with Crippen molar-refractivity contribution in [1.29, 1.82) is 0 Å². The van der Waals surface area contributed by atoms with Gasteiger partial charge < -0.3 is 10.2 Å². The molecule has 2 aliphatic rings. The maximum Gasteiger partial charge on any atom is 0.225 e. The lowest BCUT2D eigenvalue weighted by Crippen LogP contribution is -2.54. The number of likely N-dealkylation sites (tertiary alicyclic amines) is 1. The molecule has 2 fully saturated rings. The van der Waals surface area contributed by atoms with E-state index in [4.69, 9.17) is 0 Å². The van der Waals surface area contributed by atoms with E-state index in [2.05, 4.69) is 10.2 Å². The number of piperidine rings is 1. The Labute approximate surface area is 104 Å². The van der Waals surface area contributed by atoms with E-state index in [0.29, 0.717) is 5.91 Å². The molecule has 16 heavy (non-hydrogen) atoms. The van der Waals surface area contributed by atoms with Crippen molar-refractivity contribution >= 4 is 18.3 Å². The molecule has 0 aromatic carbocycles. The van der Waals surface area contributed by atoms with E-state index in [1.807, 2.05) is 13.8 Å². The minimum absolute atomic E-state index is 0. The fourth-order valence-electron chi connectivity index (χ4n) is 3.01. The van der Waals surface area contributed by atoms with Crippen molar-refractivity contribution in [3.63, 3.8) is 0 Å². The molecule has 0 bridgehead atoms. The van der Waals surface area contributed by atoms with Gasteiger partial charge in [0.05, 0.1) is 0 Å². The largest absolute Gasteiger partial charge is 0.337 e. The van der Waals surface area contributed by atoms with Crippen molar-refractivity contribution in [1.82, 2.24) is 10.2 Å². The predicted molar refractivity (Wildman–Crippen MR) is 67.9 cm³/mol. The molecule has 1 amide bonds. The van der Waals surface area contributed by atoms with Gasteiger partial charge in [0.2, 0.25) is 5.91 Å². The van der Waals surface area contributed by atoms with Crippen LogP contribution in [0.4, 0.5) is 0 Å². The summed E-state index contributed by atoms with van der Waals surface area (Å²) in [6.07, 6.45) is 4.70. The number of amides is 1. The number of nitrogens with one attached hydrogen (secondary N) is 1. The Balaban J connectivity index is 0.00000128. The number of hydrogen-bond donors (Lipinski definition) is 1. The summed E-state index contributed by atoms with van der Waals surface area (Å²) in [5, 5.41) is 3.39. The summed E-state index contributed by atoms with van der Waals surface area (Å²) in [7, 11) is 0. The van der Waals surface area contributed by atoms with Crippen LogP contribution in [0.2, 0.25) is 0 Å². The van der Waals surface area contributed by atoms with Gasteiger partial charge in [-0.3, -0.25) is 4.79 Å². The molecule has 4 heteroatoms. The Hall–Kier alpha value is -0.280. The molecule has 1 N–H and O–H groups in total. The highest BCUT2D eigenvalue weighted by molar-refractivity contribution is 5.85. The van der Waals surface area contributed by atoms with Crippen LogP contribution < -0.4 is 5.32 Å². The first kappa shape index (κ1) is 13.8. The van der Waals surface area contributed by atoms with E-state index in [1.165, 1.54) is 12.8 Å². The quantitative estimate of drug-likeness (QED) is 0.766. The Morgan fingerprint density at radius 1 is 1.25 bits per heavy atom. The summed E-state index contributed by atoms with van der Waals surface area (Å²) in [4.78, 5) is 14.3. The van der Waals surface area contributed by atoms with Gasteiger partial charge >= 0.3 is 0 Å². The number of hydrogen-bond acceptors (Lipinski definition) is 2. The SMILES string of the molecule is CC(C)C(=O)N1CCCC12CCNCC2.Cl. The van der Waals surface area contributed by atoms with Crippen LogP contribution in [0.3, 0.4) is 0 Å². The monoisotopic (exact) mass is 246 g/mol. The molecule has 0 radical (unpaired) electrons. The molecule has 94 valence electrons. The second kappa shape index (κ2) is 5.37. The minimum atomic E-state index is 0. The van der Waals surface area contributed by atoms with Gasteiger partial charge in [0.15, 0.2) is 0 Å². The van der Waals surface area contributed by atoms with Crippen molar-refractivity contribution in [2.75, 3.05) is 19.6 Å². The third-order valence-corrected chi connectivity index (χ3v) is 3.89. The third kappa shape index (κ3) is 2.35. The Morgan fingerprint density at radius 3 is 2.44 bits per heavy atom. The summed E-state index contributed by atoms with van der Waals surface area (Å²) in [6.45, 7) is 7.14. The third-order valence-electron chi connectivity index (χ3n) is 3.89. The highest BCUT2D eigenvalue weighted by atomic mass is 35.5. The number of carbonyl (C=O) groups excluding carboxylic acids is 1. The van der Waals surface area contributed by atoms with Crippen molar-refractivity contribution in [2.45, 2.75) is 45.1 Å². The second-order valence-corrected chi connectivity index (χ2v) is 5.22. The zero-order chi connectivity index (χ0) is 10.9. The van der Waals surface area contributed by atoms with E-state index >= 15 is 0 Å². The van der Waals surface area contributed by atoms with Crippen molar-refractivity contribution in [2.24, 2.45) is 5.92 Å². The van der Waals surface area contributed by atoms with Crippen LogP contribution in [-0.4, -0.2) is 36.0 Å². The highest BCUT2D eigenvalue weighted by Gasteiger charge is 2.44. The summed E-state index contributed by atoms with van der Waals surface area (Å²) < 4.78 is 0. The average molecular weight is 247 g/mol. The van der Waals surface area contributed by atoms with Crippen molar-refractivity contribution in [3.8, 4) is 0 Å². The molecule has 0 unspecified atom stereocenters. The highest BCUT2D eigenvalue weighted by Crippen LogP contribution is 2.37. The maximum absolute atomic E-state index is 12.1. The van der Waals surface area contributed by atoms with Gasteiger partial charge in [-0.25, -0.2) is 0 Å². The predicted octanol–water partition coefficient (Wildman–Crippen LogP) is 1.81. The van der Waals surface area contributed by atoms with Gasteiger partial charge in [0.1, 0.15) is 0 Å². The fourth-order valence-corrected chi connectivity index (χ4v) is 3.01. The smallest absolute Gasteiger partial charge is 0.225 e. The molecule has 0 aromatic heterocycles. The first-order valence-corrected chi connectivity index (χ1v) is 6.18. The molecule has 2 rings (SSSR count). The van der Waals surface area contributed by atoms with Gasteiger partial charge in [0.25, 0.3) is 0 Å². The maximum atomic E-state index is 12.1. The molecule has 3 nitrogen and oxygen atoms in total. The number of halogens is 1. The summed E-state index contributed by atoms with van der Waals surface area (Å²) >= 11 is 0. The topological polar surface area (TPSA) is 32.3 Å². The summed E-state index contributed by atoms with van der Waals surface area (Å²) in [5.41, 5.74) is 0.215. The molecule has 1 spiro atoms. The normalized spacial score (nSPS) is 23.6. The molecule has 2 aliphatic heterocycles. The van der Waals surface area contributed by atoms with Crippen molar-refractivity contribution in [3.05, 3.63) is 0 Å². The van der Waals surface area contributed by atoms with Crippen LogP contribution in [-0.2, 0) is 4.79 Å². The Kier molecular flexibility index (Phi) is 4.62. The fraction of sp³-hybridized carbons (Fsp3) is 0.917. The van der Waals surface area contributed by atoms with Gasteiger partial charge in [0, 0.05) is 18.0 Å². The zero-order valence-corrected chi connectivity index (χ0v) is 11.1. The van der Waals surface area contributed by atoms with Crippen LogP contribution in [0.1, 0.15) is 39.5 Å². The van der Waals surface area contributed by atoms with Gasteiger partial charge in [-0.15, -0.1) is 12.4 Å². The standard InChI is InChI=1S/C12H22N2O.ClH/c1-10(2)11(15)14-9-3-4-12(14)5-7-13-8-6-12;/h10,13H,3-9H2,1-2H3;1H. The molecule has 0 atom stereocenters. The van der Waals surface area contributed by atoms with Gasteiger partial charge in [-0.2, -0.15) is 0 Å². The van der Waals surface area contributed by atoms with Gasteiger partial charge in [-0.05, 0) is 38.8 Å². The lowest BCUT2D eigenvalue weighted by molar-refractivity contribution is -0.139. The van der Waals surface area contributed by atoms with E-state index in [-0.39, 0.29) is 23.9 Å². The van der Waals surface area contributed by atoms with Crippen LogP contribution in [0.25, 0.3) is 0 Å². The summed E-state index contributed by atoms with van der Waals surface area (Å²) in [6, 6.07) is 0. The molecular weight excluding hydrogens is 224 g/mol. The molecule has 0 saturated carbocycles. The molecule has 0 aromatic rings. The minimum Gasteiger partial charge on any atom is -0.337 e. The number of rotatable bonds is 1. The zero-order valence-electron chi connectivity index (χ0n) is 10.3. The van der Waals surface area contributed by atoms with E-state index in [0.717, 1.165) is 32.5 Å². The number of carbonyl (C=O) groups is 1. The molecule has 0 aliphatic carbocycles. The first-order valence-electron chi connectivity index (χ1n) is 6.18. The molecule has 2 saturated heterocycles. The van der Waals surface area contributed by atoms with Crippen LogP contribution in [0, 0.1) is 5.92 Å². The van der Waals surface area contributed by atoms with Gasteiger partial charge in [-0.1, -0.05) is 13.8 Å². The van der Waals surface area contributed by atoms with Crippen molar-refractivity contribution < 1.29 is 4.79 Å². The van der Waals surface area contributed by atoms with Crippen LogP contribution >= 0.6 is 12.4 Å². The lowest BCUT2D eigenvalue weighted by atomic mass is 9.85. The van der Waals surface area contributed by atoms with Crippen LogP contribution in [0.15, 0.2) is 0 Å². The second-order valence-electron chi connectivity index (χ2n) is 5.22. The molecule has 2 heterocycles. The van der Waals surface area contributed by atoms with E-state index in [1.54, 1.807) is 0 Å². The summed E-state index contributed by atoms with van der Waals surface area (Å²) in [5.74, 6) is 0.504. The Morgan fingerprint density at radius 2 is 1.88 bits per heavy atom. The van der Waals surface area contributed by atoms with E-state index in [9.17, 15) is 4.79 Å².